The third-order valence-corrected chi connectivity index (χ3v) is 28.2. The van der Waals surface area contributed by atoms with Gasteiger partial charge in [0.2, 0.25) is 16.6 Å². The third kappa shape index (κ3) is 8.02. The maximum atomic E-state index is 6.73. The molecule has 2 saturated carbocycles. The van der Waals surface area contributed by atoms with Crippen molar-refractivity contribution in [3.8, 4) is 11.5 Å². The van der Waals surface area contributed by atoms with Crippen LogP contribution in [0.15, 0.2) is 167 Å². The molecule has 1 radical (unpaired) electrons. The number of rotatable bonds is 10. The molecule has 0 spiro atoms. The van der Waals surface area contributed by atoms with Gasteiger partial charge in [-0.15, -0.1) is 0 Å². The molecule has 6 aliphatic carbocycles. The molecule has 64 heavy (non-hydrogen) atoms. The first-order valence-electron chi connectivity index (χ1n) is 24.3. The van der Waals surface area contributed by atoms with E-state index in [-0.39, 0.29) is 21.9 Å². The van der Waals surface area contributed by atoms with E-state index in [1.54, 1.807) is 22.3 Å². The van der Waals surface area contributed by atoms with Gasteiger partial charge < -0.3 is 8.85 Å². The lowest BCUT2D eigenvalue weighted by atomic mass is 9.88. The van der Waals surface area contributed by atoms with Gasteiger partial charge in [0.1, 0.15) is 11.5 Å². The molecule has 329 valence electrons. The quantitative estimate of drug-likeness (QED) is 0.148. The van der Waals surface area contributed by atoms with Crippen LogP contribution in [0.5, 0.6) is 11.5 Å². The summed E-state index contributed by atoms with van der Waals surface area (Å²) in [6, 6.07) is 27.8. The number of hydrogen-bond donors (Lipinski definition) is 0. The van der Waals surface area contributed by atoms with Crippen LogP contribution >= 0.6 is 0 Å². The Bertz CT molecular complexity index is 2610. The van der Waals surface area contributed by atoms with Gasteiger partial charge >= 0.3 is 0 Å². The molecule has 0 bridgehead atoms. The maximum Gasteiger partial charge on any atom is 0.250 e. The summed E-state index contributed by atoms with van der Waals surface area (Å²) in [5, 5.41) is 5.39. The van der Waals surface area contributed by atoms with E-state index in [0.29, 0.717) is 11.1 Å². The van der Waals surface area contributed by atoms with E-state index < -0.39 is 25.4 Å². The first-order chi connectivity index (χ1) is 30.4. The van der Waals surface area contributed by atoms with Crippen molar-refractivity contribution in [3.05, 3.63) is 178 Å². The molecule has 2 fully saturated rings. The van der Waals surface area contributed by atoms with Crippen molar-refractivity contribution in [1.82, 2.24) is 0 Å². The second kappa shape index (κ2) is 15.9. The van der Waals surface area contributed by atoms with E-state index in [2.05, 4.69) is 208 Å². The minimum Gasteiger partial charge on any atom is -0.543 e. The van der Waals surface area contributed by atoms with Crippen LogP contribution in [0.1, 0.15) is 90.2 Å². The van der Waals surface area contributed by atoms with Crippen LogP contribution in [0, 0.1) is 11.8 Å². The van der Waals surface area contributed by atoms with Crippen molar-refractivity contribution < 1.29 is 8.85 Å². The summed E-state index contributed by atoms with van der Waals surface area (Å²) in [4.78, 5) is 0. The first kappa shape index (κ1) is 43.5. The lowest BCUT2D eigenvalue weighted by Gasteiger charge is -2.36. The summed E-state index contributed by atoms with van der Waals surface area (Å²) in [5.74, 6) is 3.90. The molecule has 6 aliphatic rings. The second-order valence-electron chi connectivity index (χ2n) is 23.0. The lowest BCUT2D eigenvalue weighted by Crippen LogP contribution is -2.43. The Labute approximate surface area is 388 Å². The van der Waals surface area contributed by atoms with Gasteiger partial charge in [0.25, 0.3) is 0 Å². The fraction of sp³-hybridized carbons (Fsp3) is 0.390. The molecule has 0 aliphatic heterocycles. The van der Waals surface area contributed by atoms with Crippen molar-refractivity contribution in [2.24, 2.45) is 11.8 Å². The molecule has 0 aromatic heterocycles. The van der Waals surface area contributed by atoms with Crippen molar-refractivity contribution >= 4 is 47.0 Å². The average molecular weight is 894 g/mol. The Kier molecular flexibility index (Phi) is 10.8. The summed E-state index contributed by atoms with van der Waals surface area (Å²) in [6.07, 6.45) is 30.0. The predicted molar refractivity (Wildman–Crippen MR) is 280 cm³/mol. The topological polar surface area (TPSA) is 18.5 Å². The van der Waals surface area contributed by atoms with E-state index in [4.69, 9.17) is 8.85 Å². The fourth-order valence-electron chi connectivity index (χ4n) is 10.4. The van der Waals surface area contributed by atoms with Crippen molar-refractivity contribution in [2.45, 2.75) is 133 Å². The van der Waals surface area contributed by atoms with Gasteiger partial charge in [-0.25, -0.2) is 0 Å². The fourth-order valence-corrected chi connectivity index (χ4v) is 16.0. The Hall–Kier alpha value is -4.43. The molecule has 4 aromatic carbocycles. The molecule has 0 saturated heterocycles. The summed E-state index contributed by atoms with van der Waals surface area (Å²) in [6.45, 7) is 25.9. The predicted octanol–water partition coefficient (Wildman–Crippen LogP) is 17.0. The second-order valence-corrected chi connectivity index (χ2v) is 35.1. The van der Waals surface area contributed by atoms with E-state index >= 15 is 0 Å². The average Bonchev–Trinajstić information content (AvgIpc) is 4.18. The highest BCUT2D eigenvalue weighted by Crippen LogP contribution is 2.61. The molecule has 2 nitrogen and oxygen atoms in total. The molecular formula is C59H69O2Si3. The minimum absolute atomic E-state index is 0.159. The molecule has 4 atom stereocenters. The Morgan fingerprint density at radius 2 is 0.859 bits per heavy atom. The highest BCUT2D eigenvalue weighted by molar-refractivity contribution is 6.75. The van der Waals surface area contributed by atoms with Crippen LogP contribution in [-0.2, 0) is 0 Å². The molecule has 4 unspecified atom stereocenters. The summed E-state index contributed by atoms with van der Waals surface area (Å²) >= 11 is 0. The van der Waals surface area contributed by atoms with Crippen molar-refractivity contribution in [1.29, 1.82) is 0 Å². The van der Waals surface area contributed by atoms with Crippen LogP contribution in [0.4, 0.5) is 0 Å². The normalized spacial score (nSPS) is 23.8. The van der Waals surface area contributed by atoms with Gasteiger partial charge in [0.05, 0.1) is 8.80 Å². The zero-order valence-electron chi connectivity index (χ0n) is 40.3. The Morgan fingerprint density at radius 3 is 1.23 bits per heavy atom. The summed E-state index contributed by atoms with van der Waals surface area (Å²) in [5.41, 5.74) is 13.5. The van der Waals surface area contributed by atoms with Crippen molar-refractivity contribution in [3.63, 3.8) is 0 Å². The molecule has 0 amide bonds. The van der Waals surface area contributed by atoms with E-state index in [1.807, 2.05) is 0 Å². The molecule has 0 heterocycles. The van der Waals surface area contributed by atoms with E-state index in [0.717, 1.165) is 23.3 Å². The van der Waals surface area contributed by atoms with Gasteiger partial charge in [-0.3, -0.25) is 0 Å². The maximum absolute atomic E-state index is 6.73. The third-order valence-electron chi connectivity index (χ3n) is 16.4. The standard InChI is InChI=1S/C59H69O2Si3/c1-58(2,3)63(8,9)60-46-30-28-40-32-44(26-24-42(40)34-46)48-16-12-14-18-50-54(48)36-52(38-20-21-38)56(50)62(7)57-51-19-15-13-17-49(55(51)37-53(57)39-22-23-39)45-27-25-43-35-47(31-29-41(43)33-45)61-64(10,11)59(4,5)6/h12-19,24-39,48-49,56-57H,20-23H2,1-11H3. The Balaban J connectivity index is 0.975. The van der Waals surface area contributed by atoms with Crippen LogP contribution < -0.4 is 8.85 Å². The zero-order chi connectivity index (χ0) is 44.9. The lowest BCUT2D eigenvalue weighted by molar-refractivity contribution is 0.492. The first-order valence-corrected chi connectivity index (χ1v) is 32.2. The smallest absolute Gasteiger partial charge is 0.250 e. The number of allylic oxidation sites excluding steroid dienone is 16. The van der Waals surface area contributed by atoms with Gasteiger partial charge in [-0.05, 0) is 164 Å². The van der Waals surface area contributed by atoms with E-state index in [1.165, 1.54) is 69.5 Å². The van der Waals surface area contributed by atoms with Crippen molar-refractivity contribution in [2.75, 3.05) is 0 Å². The highest BCUT2D eigenvalue weighted by atomic mass is 28.4. The zero-order valence-corrected chi connectivity index (χ0v) is 43.3. The number of hydrogen-bond acceptors (Lipinski definition) is 2. The van der Waals surface area contributed by atoms with Gasteiger partial charge in [-0.2, -0.15) is 0 Å². The van der Waals surface area contributed by atoms with Gasteiger partial charge in [-0.1, -0.05) is 169 Å². The van der Waals surface area contributed by atoms with Crippen LogP contribution in [-0.4, -0.2) is 25.4 Å². The van der Waals surface area contributed by atoms with E-state index in [9.17, 15) is 0 Å². The van der Waals surface area contributed by atoms with Crippen LogP contribution in [0.3, 0.4) is 0 Å². The van der Waals surface area contributed by atoms with Gasteiger partial charge in [0.15, 0.2) is 0 Å². The Morgan fingerprint density at radius 1 is 0.484 bits per heavy atom. The molecule has 0 N–H and O–H groups in total. The summed E-state index contributed by atoms with van der Waals surface area (Å²) in [7, 11) is -4.85. The number of benzene rings is 4. The number of fused-ring (bicyclic) bond motifs is 2. The molecule has 10 rings (SSSR count). The molecule has 5 heteroatoms. The SMILES string of the molecule is C[Si](C1C(C2CC2)=CC2=C1C=CC=CC2c1ccc2cc(O[Si](C)(C)C(C)(C)C)ccc2c1)C1C(C2CC2)=CC2=C1C=CC=CC2c1ccc2cc(O[Si](C)(C)C(C)(C)C)ccc2c1. The van der Waals surface area contributed by atoms with Gasteiger partial charge in [0, 0.05) is 11.8 Å². The minimum atomic E-state index is -1.93. The highest BCUT2D eigenvalue weighted by Gasteiger charge is 2.48. The monoisotopic (exact) mass is 893 g/mol. The van der Waals surface area contributed by atoms with Crippen LogP contribution in [0.2, 0.25) is 53.9 Å². The molecular weight excluding hydrogens is 825 g/mol. The van der Waals surface area contributed by atoms with Crippen LogP contribution in [0.25, 0.3) is 21.5 Å². The summed E-state index contributed by atoms with van der Waals surface area (Å²) < 4.78 is 13.5. The largest absolute Gasteiger partial charge is 0.543 e. The molecule has 4 aromatic rings.